The van der Waals surface area contributed by atoms with Crippen molar-refractivity contribution < 1.29 is 13.2 Å². The van der Waals surface area contributed by atoms with Crippen molar-refractivity contribution in [1.82, 2.24) is 0 Å². The molecule has 0 saturated heterocycles. The van der Waals surface area contributed by atoms with Crippen molar-refractivity contribution in [3.63, 3.8) is 0 Å². The van der Waals surface area contributed by atoms with E-state index in [1.807, 2.05) is 13.0 Å². The molecule has 0 aliphatic rings. The molecule has 2 aromatic rings. The second-order valence-electron chi connectivity index (χ2n) is 4.10. The average molecular weight is 394 g/mol. The summed E-state index contributed by atoms with van der Waals surface area (Å²) in [5.41, 5.74) is 1.40. The van der Waals surface area contributed by atoms with Crippen LogP contribution in [0.4, 0.5) is 13.2 Å². The summed E-state index contributed by atoms with van der Waals surface area (Å²) < 4.78 is 41.3. The summed E-state index contributed by atoms with van der Waals surface area (Å²) in [6, 6.07) is 6.75. The third-order valence-electron chi connectivity index (χ3n) is 2.88. The van der Waals surface area contributed by atoms with Gasteiger partial charge in [0, 0.05) is 22.2 Å². The zero-order valence-electron chi connectivity index (χ0n) is 9.85. The second kappa shape index (κ2) is 5.67. The van der Waals surface area contributed by atoms with Gasteiger partial charge in [0.1, 0.15) is 17.5 Å². The minimum atomic E-state index is -0.926. The number of rotatable bonds is 2. The van der Waals surface area contributed by atoms with Gasteiger partial charge in [-0.25, -0.2) is 13.2 Å². The van der Waals surface area contributed by atoms with Gasteiger partial charge in [0.15, 0.2) is 0 Å². The summed E-state index contributed by atoms with van der Waals surface area (Å²) in [5, 5.41) is 0. The first kappa shape index (κ1) is 14.6. The Kier molecular flexibility index (Phi) is 4.36. The van der Waals surface area contributed by atoms with Crippen LogP contribution in [0.1, 0.15) is 21.5 Å². The van der Waals surface area contributed by atoms with Crippen LogP contribution in [0.15, 0.2) is 34.8 Å². The lowest BCUT2D eigenvalue weighted by atomic mass is 9.99. The summed E-state index contributed by atoms with van der Waals surface area (Å²) in [4.78, 5) is -0.675. The van der Waals surface area contributed by atoms with Gasteiger partial charge < -0.3 is 0 Å². The molecule has 1 atom stereocenters. The van der Waals surface area contributed by atoms with E-state index in [4.69, 9.17) is 0 Å². The first-order valence-corrected chi connectivity index (χ1v) is 7.16. The number of benzene rings is 2. The first-order valence-electron chi connectivity index (χ1n) is 5.45. The third kappa shape index (κ3) is 2.87. The standard InChI is InChI=1S/C14H9Br2F3/c1-7-9(3-2-4-10(7)15)14(16)13-11(18)5-8(17)6-12(13)19/h2-6,14H,1H3. The minimum absolute atomic E-state index is 0.192. The predicted octanol–water partition coefficient (Wildman–Crippen LogP) is 5.66. The van der Waals surface area contributed by atoms with Crippen molar-refractivity contribution in [2.75, 3.05) is 0 Å². The topological polar surface area (TPSA) is 0 Å². The summed E-state index contributed by atoms with van der Waals surface area (Å²) in [5.74, 6) is -2.73. The largest absolute Gasteiger partial charge is 0.207 e. The third-order valence-corrected chi connectivity index (χ3v) is 4.69. The molecule has 0 nitrogen and oxygen atoms in total. The molecular formula is C14H9Br2F3. The summed E-state index contributed by atoms with van der Waals surface area (Å²) in [6.07, 6.45) is 0. The minimum Gasteiger partial charge on any atom is -0.207 e. The Hall–Kier alpha value is -0.810. The van der Waals surface area contributed by atoms with E-state index in [0.717, 1.165) is 15.6 Å². The lowest BCUT2D eigenvalue weighted by molar-refractivity contribution is 0.527. The van der Waals surface area contributed by atoms with E-state index in [-0.39, 0.29) is 5.56 Å². The normalized spacial score (nSPS) is 12.5. The molecule has 19 heavy (non-hydrogen) atoms. The van der Waals surface area contributed by atoms with E-state index in [1.54, 1.807) is 12.1 Å². The Labute approximate surface area is 125 Å². The maximum Gasteiger partial charge on any atom is 0.133 e. The Morgan fingerprint density at radius 3 is 2.21 bits per heavy atom. The van der Waals surface area contributed by atoms with Gasteiger partial charge in [0.05, 0.1) is 4.83 Å². The molecule has 5 heteroatoms. The van der Waals surface area contributed by atoms with Gasteiger partial charge in [-0.3, -0.25) is 0 Å². The Morgan fingerprint density at radius 1 is 1.05 bits per heavy atom. The molecule has 0 fully saturated rings. The van der Waals surface area contributed by atoms with E-state index in [1.165, 1.54) is 0 Å². The monoisotopic (exact) mass is 392 g/mol. The van der Waals surface area contributed by atoms with Gasteiger partial charge in [-0.15, -0.1) is 0 Å². The molecule has 0 bridgehead atoms. The van der Waals surface area contributed by atoms with Crippen molar-refractivity contribution in [2.45, 2.75) is 11.8 Å². The lowest BCUT2D eigenvalue weighted by Crippen LogP contribution is -2.03. The van der Waals surface area contributed by atoms with Crippen molar-refractivity contribution in [3.8, 4) is 0 Å². The Balaban J connectivity index is 2.56. The summed E-state index contributed by atoms with van der Waals surface area (Å²) in [6.45, 7) is 1.84. The molecular weight excluding hydrogens is 385 g/mol. The first-order chi connectivity index (χ1) is 8.91. The van der Waals surface area contributed by atoms with Gasteiger partial charge in [-0.2, -0.15) is 0 Å². The smallest absolute Gasteiger partial charge is 0.133 e. The molecule has 0 amide bonds. The molecule has 0 spiro atoms. The molecule has 0 radical (unpaired) electrons. The SMILES string of the molecule is Cc1c(Br)cccc1C(Br)c1c(F)cc(F)cc1F. The van der Waals surface area contributed by atoms with Crippen LogP contribution in [0.25, 0.3) is 0 Å². The Bertz CT molecular complexity index is 603. The fourth-order valence-electron chi connectivity index (χ4n) is 1.85. The molecule has 0 heterocycles. The predicted molar refractivity (Wildman–Crippen MR) is 76.0 cm³/mol. The zero-order chi connectivity index (χ0) is 14.2. The van der Waals surface area contributed by atoms with E-state index in [2.05, 4.69) is 31.9 Å². The molecule has 100 valence electrons. The highest BCUT2D eigenvalue weighted by Crippen LogP contribution is 2.37. The van der Waals surface area contributed by atoms with E-state index in [9.17, 15) is 13.2 Å². The molecule has 0 aromatic heterocycles. The van der Waals surface area contributed by atoms with Crippen LogP contribution in [-0.2, 0) is 0 Å². The summed E-state index contributed by atoms with van der Waals surface area (Å²) in [7, 11) is 0. The molecule has 1 unspecified atom stereocenters. The van der Waals surface area contributed by atoms with Crippen molar-refractivity contribution in [2.24, 2.45) is 0 Å². The van der Waals surface area contributed by atoms with Gasteiger partial charge in [-0.1, -0.05) is 44.0 Å². The van der Waals surface area contributed by atoms with Crippen LogP contribution < -0.4 is 0 Å². The van der Waals surface area contributed by atoms with Gasteiger partial charge in [0.25, 0.3) is 0 Å². The highest BCUT2D eigenvalue weighted by Gasteiger charge is 2.22. The van der Waals surface area contributed by atoms with Crippen molar-refractivity contribution >= 4 is 31.9 Å². The highest BCUT2D eigenvalue weighted by molar-refractivity contribution is 9.10. The maximum atomic E-state index is 13.8. The van der Waals surface area contributed by atoms with Crippen molar-refractivity contribution in [1.29, 1.82) is 0 Å². The highest BCUT2D eigenvalue weighted by atomic mass is 79.9. The van der Waals surface area contributed by atoms with Crippen LogP contribution in [0.3, 0.4) is 0 Å². The quantitative estimate of drug-likeness (QED) is 0.577. The van der Waals surface area contributed by atoms with Crippen LogP contribution >= 0.6 is 31.9 Å². The van der Waals surface area contributed by atoms with Gasteiger partial charge in [-0.05, 0) is 24.1 Å². The van der Waals surface area contributed by atoms with Gasteiger partial charge in [0.2, 0.25) is 0 Å². The molecule has 2 rings (SSSR count). The van der Waals surface area contributed by atoms with E-state index >= 15 is 0 Å². The molecule has 0 saturated carbocycles. The maximum absolute atomic E-state index is 13.8. The fourth-order valence-corrected chi connectivity index (χ4v) is 3.16. The zero-order valence-corrected chi connectivity index (χ0v) is 13.0. The second-order valence-corrected chi connectivity index (χ2v) is 5.87. The number of halogens is 5. The fraction of sp³-hybridized carbons (Fsp3) is 0.143. The van der Waals surface area contributed by atoms with Crippen LogP contribution in [0, 0.1) is 24.4 Å². The Morgan fingerprint density at radius 2 is 1.63 bits per heavy atom. The molecule has 2 aromatic carbocycles. The number of hydrogen-bond donors (Lipinski definition) is 0. The lowest BCUT2D eigenvalue weighted by Gasteiger charge is -2.16. The number of alkyl halides is 1. The molecule has 0 aliphatic heterocycles. The molecule has 0 aliphatic carbocycles. The van der Waals surface area contributed by atoms with Crippen LogP contribution in [0.2, 0.25) is 0 Å². The van der Waals surface area contributed by atoms with Crippen molar-refractivity contribution in [3.05, 3.63) is 68.9 Å². The average Bonchev–Trinajstić information content (AvgIpc) is 2.31. The number of hydrogen-bond acceptors (Lipinski definition) is 0. The van der Waals surface area contributed by atoms with Crippen LogP contribution in [-0.4, -0.2) is 0 Å². The van der Waals surface area contributed by atoms with E-state index < -0.39 is 22.3 Å². The van der Waals surface area contributed by atoms with Gasteiger partial charge >= 0.3 is 0 Å². The van der Waals surface area contributed by atoms with Crippen LogP contribution in [0.5, 0.6) is 0 Å². The van der Waals surface area contributed by atoms with E-state index in [0.29, 0.717) is 12.1 Å². The molecule has 0 N–H and O–H groups in total. The summed E-state index contributed by atoms with van der Waals surface area (Å²) >= 11 is 6.65.